The van der Waals surface area contributed by atoms with E-state index in [2.05, 4.69) is 19.2 Å². The minimum Gasteiger partial charge on any atom is -0.314 e. The molecule has 0 spiro atoms. The van der Waals surface area contributed by atoms with Gasteiger partial charge in [-0.15, -0.1) is 0 Å². The molecule has 2 fully saturated rings. The Hall–Kier alpha value is -0.960. The van der Waals surface area contributed by atoms with Gasteiger partial charge in [0.2, 0.25) is 0 Å². The highest BCUT2D eigenvalue weighted by Gasteiger charge is 2.53. The molecule has 0 aromatic heterocycles. The standard InChI is InChI=1S/C17H23F2N/c1-11(2)20-10-17(8-13-5-14(13)9-17)7-12-3-15(18)6-16(19)4-12/h3-4,6,11,13-14,20H,5,7-10H2,1-2H3. The van der Waals surface area contributed by atoms with Crippen molar-refractivity contribution in [3.8, 4) is 0 Å². The Morgan fingerprint density at radius 3 is 2.30 bits per heavy atom. The Morgan fingerprint density at radius 1 is 1.15 bits per heavy atom. The van der Waals surface area contributed by atoms with E-state index >= 15 is 0 Å². The van der Waals surface area contributed by atoms with Crippen molar-refractivity contribution in [2.24, 2.45) is 17.3 Å². The smallest absolute Gasteiger partial charge is 0.126 e. The van der Waals surface area contributed by atoms with Crippen molar-refractivity contribution in [2.45, 2.75) is 45.6 Å². The van der Waals surface area contributed by atoms with Crippen molar-refractivity contribution >= 4 is 0 Å². The summed E-state index contributed by atoms with van der Waals surface area (Å²) in [6, 6.07) is 4.39. The summed E-state index contributed by atoms with van der Waals surface area (Å²) in [5.41, 5.74) is 0.993. The molecule has 1 aromatic carbocycles. The molecular weight excluding hydrogens is 256 g/mol. The van der Waals surface area contributed by atoms with E-state index in [0.717, 1.165) is 36.4 Å². The second-order valence-electron chi connectivity index (χ2n) is 7.15. The molecule has 0 radical (unpaired) electrons. The fourth-order valence-corrected chi connectivity index (χ4v) is 3.92. The molecule has 0 aliphatic heterocycles. The van der Waals surface area contributed by atoms with E-state index in [-0.39, 0.29) is 5.41 Å². The topological polar surface area (TPSA) is 12.0 Å². The second kappa shape index (κ2) is 5.10. The van der Waals surface area contributed by atoms with Gasteiger partial charge >= 0.3 is 0 Å². The summed E-state index contributed by atoms with van der Waals surface area (Å²) in [6.07, 6.45) is 4.56. The van der Waals surface area contributed by atoms with Crippen LogP contribution in [-0.2, 0) is 6.42 Å². The van der Waals surface area contributed by atoms with Gasteiger partial charge in [-0.1, -0.05) is 13.8 Å². The predicted octanol–water partition coefficient (Wildman–Crippen LogP) is 3.92. The highest BCUT2D eigenvalue weighted by molar-refractivity contribution is 5.21. The normalized spacial score (nSPS) is 31.6. The molecular formula is C17H23F2N. The first-order valence-corrected chi connectivity index (χ1v) is 7.64. The Bertz CT molecular complexity index is 468. The van der Waals surface area contributed by atoms with E-state index in [1.165, 1.54) is 31.4 Å². The lowest BCUT2D eigenvalue weighted by Crippen LogP contribution is -2.38. The minimum atomic E-state index is -0.463. The monoisotopic (exact) mass is 279 g/mol. The third kappa shape index (κ3) is 3.03. The van der Waals surface area contributed by atoms with Gasteiger partial charge in [-0.25, -0.2) is 8.78 Å². The molecule has 0 bridgehead atoms. The first kappa shape index (κ1) is 14.0. The van der Waals surface area contributed by atoms with Gasteiger partial charge in [-0.2, -0.15) is 0 Å². The zero-order valence-corrected chi connectivity index (χ0v) is 12.3. The van der Waals surface area contributed by atoms with Gasteiger partial charge < -0.3 is 5.32 Å². The fourth-order valence-electron chi connectivity index (χ4n) is 3.92. The van der Waals surface area contributed by atoms with Crippen molar-refractivity contribution in [1.29, 1.82) is 0 Å². The van der Waals surface area contributed by atoms with Crippen LogP contribution >= 0.6 is 0 Å². The molecule has 2 aliphatic rings. The van der Waals surface area contributed by atoms with Crippen LogP contribution in [-0.4, -0.2) is 12.6 Å². The van der Waals surface area contributed by atoms with Crippen LogP contribution in [0.1, 0.15) is 38.7 Å². The largest absolute Gasteiger partial charge is 0.314 e. The van der Waals surface area contributed by atoms with Crippen LogP contribution in [0.2, 0.25) is 0 Å². The predicted molar refractivity (Wildman–Crippen MR) is 76.5 cm³/mol. The summed E-state index contributed by atoms with van der Waals surface area (Å²) in [6.45, 7) is 5.24. The summed E-state index contributed by atoms with van der Waals surface area (Å²) in [5.74, 6) is 0.801. The summed E-state index contributed by atoms with van der Waals surface area (Å²) in [5, 5.41) is 3.53. The van der Waals surface area contributed by atoms with Crippen LogP contribution in [0.15, 0.2) is 18.2 Å². The Labute approximate surface area is 119 Å². The molecule has 1 N–H and O–H groups in total. The molecule has 0 heterocycles. The van der Waals surface area contributed by atoms with E-state index in [9.17, 15) is 8.78 Å². The molecule has 2 saturated carbocycles. The lowest BCUT2D eigenvalue weighted by molar-refractivity contribution is 0.241. The van der Waals surface area contributed by atoms with E-state index in [0.29, 0.717) is 6.04 Å². The molecule has 1 nitrogen and oxygen atoms in total. The van der Waals surface area contributed by atoms with E-state index in [1.807, 2.05) is 0 Å². The summed E-state index contributed by atoms with van der Waals surface area (Å²) >= 11 is 0. The highest BCUT2D eigenvalue weighted by Crippen LogP contribution is 2.60. The Balaban J connectivity index is 1.76. The maximum Gasteiger partial charge on any atom is 0.126 e. The van der Waals surface area contributed by atoms with Gasteiger partial charge in [-0.05, 0) is 60.6 Å². The number of halogens is 2. The summed E-state index contributed by atoms with van der Waals surface area (Å²) < 4.78 is 26.7. The molecule has 2 aliphatic carbocycles. The number of nitrogens with one attached hydrogen (secondary N) is 1. The van der Waals surface area contributed by atoms with Crippen LogP contribution in [0.3, 0.4) is 0 Å². The van der Waals surface area contributed by atoms with Crippen LogP contribution in [0.5, 0.6) is 0 Å². The quantitative estimate of drug-likeness (QED) is 0.861. The number of hydrogen-bond donors (Lipinski definition) is 1. The third-order valence-electron chi connectivity index (χ3n) is 4.85. The number of hydrogen-bond acceptors (Lipinski definition) is 1. The lowest BCUT2D eigenvalue weighted by atomic mass is 9.77. The Kier molecular flexibility index (Phi) is 3.57. The van der Waals surface area contributed by atoms with E-state index < -0.39 is 11.6 Å². The maximum absolute atomic E-state index is 13.4. The maximum atomic E-state index is 13.4. The molecule has 2 atom stereocenters. The number of rotatable bonds is 5. The molecule has 3 rings (SSSR count). The van der Waals surface area contributed by atoms with E-state index in [4.69, 9.17) is 0 Å². The van der Waals surface area contributed by atoms with Gasteiger partial charge in [0.25, 0.3) is 0 Å². The van der Waals surface area contributed by atoms with Crippen molar-refractivity contribution < 1.29 is 8.78 Å². The van der Waals surface area contributed by atoms with E-state index in [1.54, 1.807) is 0 Å². The molecule has 20 heavy (non-hydrogen) atoms. The van der Waals surface area contributed by atoms with Crippen molar-refractivity contribution in [1.82, 2.24) is 5.32 Å². The first-order valence-electron chi connectivity index (χ1n) is 7.64. The first-order chi connectivity index (χ1) is 9.46. The average Bonchev–Trinajstić information content (AvgIpc) is 2.94. The molecule has 2 unspecified atom stereocenters. The zero-order chi connectivity index (χ0) is 14.3. The van der Waals surface area contributed by atoms with Crippen molar-refractivity contribution in [3.63, 3.8) is 0 Å². The molecule has 0 amide bonds. The van der Waals surface area contributed by atoms with Crippen LogP contribution in [0, 0.1) is 28.9 Å². The minimum absolute atomic E-state index is 0.193. The lowest BCUT2D eigenvalue weighted by Gasteiger charge is -2.32. The molecule has 1 aromatic rings. The van der Waals surface area contributed by atoms with Gasteiger partial charge in [0.1, 0.15) is 11.6 Å². The van der Waals surface area contributed by atoms with Crippen molar-refractivity contribution in [2.75, 3.05) is 6.54 Å². The van der Waals surface area contributed by atoms with Crippen molar-refractivity contribution in [3.05, 3.63) is 35.4 Å². The average molecular weight is 279 g/mol. The van der Waals surface area contributed by atoms with Gasteiger partial charge in [0, 0.05) is 18.7 Å². The van der Waals surface area contributed by atoms with Crippen LogP contribution in [0.25, 0.3) is 0 Å². The third-order valence-corrected chi connectivity index (χ3v) is 4.85. The fraction of sp³-hybridized carbons (Fsp3) is 0.647. The zero-order valence-electron chi connectivity index (χ0n) is 12.3. The summed E-state index contributed by atoms with van der Waals surface area (Å²) in [4.78, 5) is 0. The second-order valence-corrected chi connectivity index (χ2v) is 7.15. The number of fused-ring (bicyclic) bond motifs is 1. The van der Waals surface area contributed by atoms with Crippen LogP contribution in [0.4, 0.5) is 8.78 Å². The number of benzene rings is 1. The van der Waals surface area contributed by atoms with Gasteiger partial charge in [-0.3, -0.25) is 0 Å². The highest BCUT2D eigenvalue weighted by atomic mass is 19.1. The molecule has 110 valence electrons. The summed E-state index contributed by atoms with van der Waals surface area (Å²) in [7, 11) is 0. The molecule has 0 saturated heterocycles. The SMILES string of the molecule is CC(C)NCC1(Cc2cc(F)cc(F)c2)CC2CC2C1. The molecule has 3 heteroatoms. The Morgan fingerprint density at radius 2 is 1.75 bits per heavy atom. The van der Waals surface area contributed by atoms with Gasteiger partial charge in [0.15, 0.2) is 0 Å². The van der Waals surface area contributed by atoms with Gasteiger partial charge in [0.05, 0.1) is 0 Å². The van der Waals surface area contributed by atoms with Crippen LogP contribution < -0.4 is 5.32 Å².